The fourth-order valence-electron chi connectivity index (χ4n) is 5.27. The maximum absolute atomic E-state index is 12.9. The molecule has 2 aromatic carbocycles. The van der Waals surface area contributed by atoms with Crippen molar-refractivity contribution in [3.63, 3.8) is 0 Å². The molecule has 0 bridgehead atoms. The van der Waals surface area contributed by atoms with Gasteiger partial charge in [-0.2, -0.15) is 0 Å². The molecule has 2 heterocycles. The molecule has 4 rings (SSSR count). The topological polar surface area (TPSA) is 65.1 Å². The average Bonchev–Trinajstić information content (AvgIpc) is 3.36. The van der Waals surface area contributed by atoms with E-state index in [9.17, 15) is 9.59 Å². The molecular formula is C36H45NO5S2. The van der Waals surface area contributed by atoms with Crippen molar-refractivity contribution < 1.29 is 23.8 Å². The fourth-order valence-corrected chi connectivity index (χ4v) is 8.56. The minimum atomic E-state index is -0.577. The van der Waals surface area contributed by atoms with Gasteiger partial charge in [-0.3, -0.25) is 4.79 Å². The minimum Gasteiger partial charge on any atom is -0.497 e. The van der Waals surface area contributed by atoms with Crippen LogP contribution in [0.3, 0.4) is 0 Å². The third-order valence-electron chi connectivity index (χ3n) is 7.76. The molecule has 6 nitrogen and oxygen atoms in total. The number of imide groups is 1. The molecule has 8 heteroatoms. The Balaban J connectivity index is 1.14. The van der Waals surface area contributed by atoms with Crippen LogP contribution in [0, 0.1) is 0 Å². The molecule has 44 heavy (non-hydrogen) atoms. The van der Waals surface area contributed by atoms with Gasteiger partial charge in [-0.15, -0.1) is 23.5 Å². The summed E-state index contributed by atoms with van der Waals surface area (Å²) in [5, 5.41) is 0. The number of allylic oxidation sites excluding steroid dienone is 5. The fraction of sp³-hybridized carbons (Fsp3) is 0.444. The number of hydrogen-bond donors (Lipinski definition) is 0. The molecule has 236 valence electrons. The van der Waals surface area contributed by atoms with Gasteiger partial charge in [-0.05, 0) is 92.7 Å². The van der Waals surface area contributed by atoms with Crippen LogP contribution in [-0.4, -0.2) is 52.2 Å². The smallest absolute Gasteiger partial charge is 0.417 e. The largest absolute Gasteiger partial charge is 0.497 e. The Labute approximate surface area is 271 Å². The Morgan fingerprint density at radius 1 is 1.00 bits per heavy atom. The summed E-state index contributed by atoms with van der Waals surface area (Å²) in [5.41, 5.74) is 2.06. The number of cyclic esters (lactones) is 1. The summed E-state index contributed by atoms with van der Waals surface area (Å²) < 4.78 is 16.6. The lowest BCUT2D eigenvalue weighted by Crippen LogP contribution is -2.36. The van der Waals surface area contributed by atoms with Gasteiger partial charge in [0.05, 0.1) is 23.8 Å². The van der Waals surface area contributed by atoms with Crippen molar-refractivity contribution in [2.75, 3.05) is 25.2 Å². The Hall–Kier alpha value is -2.94. The van der Waals surface area contributed by atoms with Crippen LogP contribution in [-0.2, 0) is 20.9 Å². The summed E-state index contributed by atoms with van der Waals surface area (Å²) in [6.45, 7) is 3.26. The highest BCUT2D eigenvalue weighted by molar-refractivity contribution is 8.18. The Morgan fingerprint density at radius 2 is 1.75 bits per heavy atom. The number of unbranched alkanes of at least 4 members (excludes halogenated alkanes) is 2. The first kappa shape index (κ1) is 33.9. The molecule has 2 atom stereocenters. The van der Waals surface area contributed by atoms with Gasteiger partial charge >= 0.3 is 6.09 Å². The number of amides is 2. The van der Waals surface area contributed by atoms with Crippen molar-refractivity contribution >= 4 is 35.5 Å². The summed E-state index contributed by atoms with van der Waals surface area (Å²) in [5.74, 6) is 2.88. The normalized spacial score (nSPS) is 20.1. The van der Waals surface area contributed by atoms with E-state index in [0.29, 0.717) is 6.61 Å². The van der Waals surface area contributed by atoms with Crippen LogP contribution in [0.5, 0.6) is 5.75 Å². The molecule has 2 aliphatic rings. The van der Waals surface area contributed by atoms with Gasteiger partial charge in [-0.1, -0.05) is 72.8 Å². The van der Waals surface area contributed by atoms with E-state index in [4.69, 9.17) is 14.2 Å². The number of thioether (sulfide) groups is 2. The average molecular weight is 636 g/mol. The standard InChI is InChI=1S/C36H45NO5S2/c1-29-34(31-16-9-8-10-17-31)42-35(39)37(29)33(38)18-11-13-24-36(43-26-15-27-44-36)23-12-6-4-3-5-7-14-25-41-28-30-19-21-32(40-2)22-20-30/h3-4,6,8-12,16-22,29,34H,5,7,13-15,23-28H2,1-2H3/b4-3+,12-6+,18-11+/t29-,34-/m1/s1. The third-order valence-corrected chi connectivity index (χ3v) is 11.2. The number of hydrogen-bond acceptors (Lipinski definition) is 7. The zero-order chi connectivity index (χ0) is 31.0. The highest BCUT2D eigenvalue weighted by Gasteiger charge is 2.42. The van der Waals surface area contributed by atoms with Crippen LogP contribution < -0.4 is 4.74 Å². The van der Waals surface area contributed by atoms with Crippen molar-refractivity contribution in [3.05, 3.63) is 102 Å². The Kier molecular flexibility index (Phi) is 14.0. The predicted molar refractivity (Wildman–Crippen MR) is 182 cm³/mol. The summed E-state index contributed by atoms with van der Waals surface area (Å²) in [6.07, 6.45) is 18.4. The number of nitrogens with zero attached hydrogens (tertiary/aromatic N) is 1. The van der Waals surface area contributed by atoms with E-state index in [0.717, 1.165) is 73.5 Å². The zero-order valence-electron chi connectivity index (χ0n) is 25.9. The molecule has 2 aliphatic heterocycles. The lowest BCUT2D eigenvalue weighted by atomic mass is 10.0. The van der Waals surface area contributed by atoms with Crippen LogP contribution in [0.2, 0.25) is 0 Å². The lowest BCUT2D eigenvalue weighted by Gasteiger charge is -2.35. The summed E-state index contributed by atoms with van der Waals surface area (Å²) >= 11 is 4.07. The summed E-state index contributed by atoms with van der Waals surface area (Å²) in [6, 6.07) is 17.2. The minimum absolute atomic E-state index is 0.121. The molecule has 0 N–H and O–H groups in total. The van der Waals surface area contributed by atoms with Gasteiger partial charge in [0.2, 0.25) is 0 Å². The van der Waals surface area contributed by atoms with E-state index in [1.165, 1.54) is 11.3 Å². The molecule has 2 fully saturated rings. The number of ether oxygens (including phenoxy) is 3. The maximum atomic E-state index is 12.9. The number of benzene rings is 2. The number of methoxy groups -OCH3 is 1. The molecule has 0 aliphatic carbocycles. The van der Waals surface area contributed by atoms with Crippen LogP contribution in [0.25, 0.3) is 0 Å². The zero-order valence-corrected chi connectivity index (χ0v) is 27.5. The first-order valence-electron chi connectivity index (χ1n) is 15.6. The highest BCUT2D eigenvalue weighted by Crippen LogP contribution is 2.48. The van der Waals surface area contributed by atoms with E-state index in [-0.39, 0.29) is 16.0 Å². The summed E-state index contributed by atoms with van der Waals surface area (Å²) in [4.78, 5) is 26.7. The van der Waals surface area contributed by atoms with Crippen molar-refractivity contribution in [1.82, 2.24) is 4.90 Å². The molecule has 2 saturated heterocycles. The second-order valence-corrected chi connectivity index (χ2v) is 14.2. The Bertz CT molecular complexity index is 1260. The van der Waals surface area contributed by atoms with Crippen molar-refractivity contribution in [2.24, 2.45) is 0 Å². The quantitative estimate of drug-likeness (QED) is 0.104. The van der Waals surface area contributed by atoms with Gasteiger partial charge in [0, 0.05) is 6.61 Å². The maximum Gasteiger partial charge on any atom is 0.417 e. The molecule has 0 aromatic heterocycles. The van der Waals surface area contributed by atoms with Gasteiger partial charge < -0.3 is 14.2 Å². The SMILES string of the molecule is COc1ccc(COCCCC/C=C/C=C/CC2(CC/C=C/C(=O)N3C(=O)O[C@@H](c4ccccc4)[C@H]3C)SCCCS2)cc1. The second kappa shape index (κ2) is 18.1. The monoisotopic (exact) mass is 635 g/mol. The molecule has 0 radical (unpaired) electrons. The number of carbonyl (C=O) groups excluding carboxylic acids is 2. The van der Waals surface area contributed by atoms with Crippen LogP contribution in [0.1, 0.15) is 69.1 Å². The first-order valence-corrected chi connectivity index (χ1v) is 17.5. The molecular weight excluding hydrogens is 591 g/mol. The highest BCUT2D eigenvalue weighted by atomic mass is 32.2. The van der Waals surface area contributed by atoms with Gasteiger partial charge in [-0.25, -0.2) is 9.69 Å². The molecule has 0 saturated carbocycles. The lowest BCUT2D eigenvalue weighted by molar-refractivity contribution is -0.124. The van der Waals surface area contributed by atoms with E-state index < -0.39 is 12.2 Å². The van der Waals surface area contributed by atoms with Crippen molar-refractivity contribution in [1.29, 1.82) is 0 Å². The molecule has 0 unspecified atom stereocenters. The van der Waals surface area contributed by atoms with Gasteiger partial charge in [0.25, 0.3) is 5.91 Å². The second-order valence-electron chi connectivity index (χ2n) is 11.0. The molecule has 2 aromatic rings. The third kappa shape index (κ3) is 10.3. The van der Waals surface area contributed by atoms with E-state index in [2.05, 4.69) is 24.3 Å². The van der Waals surface area contributed by atoms with E-state index >= 15 is 0 Å². The molecule has 0 spiro atoms. The van der Waals surface area contributed by atoms with Crippen molar-refractivity contribution in [2.45, 2.75) is 74.7 Å². The number of rotatable bonds is 16. The van der Waals surface area contributed by atoms with E-state index in [1.807, 2.05) is 91.1 Å². The first-order chi connectivity index (χ1) is 21.5. The van der Waals surface area contributed by atoms with Gasteiger partial charge in [0.1, 0.15) is 11.9 Å². The van der Waals surface area contributed by atoms with E-state index in [1.54, 1.807) is 13.2 Å². The Morgan fingerprint density at radius 3 is 2.50 bits per heavy atom. The predicted octanol–water partition coefficient (Wildman–Crippen LogP) is 8.90. The van der Waals surface area contributed by atoms with Crippen molar-refractivity contribution in [3.8, 4) is 5.75 Å². The number of carbonyl (C=O) groups is 2. The van der Waals surface area contributed by atoms with Crippen LogP contribution >= 0.6 is 23.5 Å². The van der Waals surface area contributed by atoms with Gasteiger partial charge in [0.15, 0.2) is 0 Å². The molecule has 2 amide bonds. The van der Waals surface area contributed by atoms with Crippen LogP contribution in [0.15, 0.2) is 91.1 Å². The van der Waals surface area contributed by atoms with Crippen LogP contribution in [0.4, 0.5) is 4.79 Å². The summed E-state index contributed by atoms with van der Waals surface area (Å²) in [7, 11) is 1.67.